The van der Waals surface area contributed by atoms with E-state index in [2.05, 4.69) is 32.9 Å². The van der Waals surface area contributed by atoms with Crippen LogP contribution in [0.4, 0.5) is 0 Å². The molecule has 0 rings (SSSR count). The Morgan fingerprint density at radius 1 is 0.241 bits per heavy atom. The van der Waals surface area contributed by atoms with E-state index in [0.29, 0.717) is 19.3 Å². The quantitative estimate of drug-likeness (QED) is 0.0261. The van der Waals surface area contributed by atoms with E-state index in [-0.39, 0.29) is 31.1 Å². The van der Waals surface area contributed by atoms with Gasteiger partial charge in [0.1, 0.15) is 13.2 Å². The number of ether oxygens (including phenoxy) is 3. The van der Waals surface area contributed by atoms with Gasteiger partial charge in [-0.3, -0.25) is 14.4 Å². The maximum atomic E-state index is 12.9. The summed E-state index contributed by atoms with van der Waals surface area (Å²) in [7, 11) is 0. The molecule has 0 amide bonds. The van der Waals surface area contributed by atoms with Crippen molar-refractivity contribution in [3.8, 4) is 0 Å². The van der Waals surface area contributed by atoms with Crippen LogP contribution >= 0.6 is 0 Å². The summed E-state index contributed by atoms with van der Waals surface area (Å²) >= 11 is 0. The monoisotopic (exact) mass is 1110 g/mol. The Balaban J connectivity index is 4.03. The van der Waals surface area contributed by atoms with Crippen LogP contribution in [0.5, 0.6) is 0 Å². The van der Waals surface area contributed by atoms with Crippen LogP contribution in [-0.2, 0) is 28.6 Å². The average molecular weight is 1110 g/mol. The lowest BCUT2D eigenvalue weighted by Gasteiger charge is -2.18. The smallest absolute Gasteiger partial charge is 0.306 e. The minimum Gasteiger partial charge on any atom is -0.462 e. The molecule has 0 aliphatic carbocycles. The van der Waals surface area contributed by atoms with Crippen molar-refractivity contribution in [2.45, 2.75) is 425 Å². The summed E-state index contributed by atoms with van der Waals surface area (Å²) in [5.74, 6) is -0.830. The van der Waals surface area contributed by atoms with E-state index in [0.717, 1.165) is 57.8 Å². The van der Waals surface area contributed by atoms with Crippen LogP contribution in [0, 0.1) is 0 Å². The predicted molar refractivity (Wildman–Crippen MR) is 344 cm³/mol. The highest BCUT2D eigenvalue weighted by atomic mass is 16.6. The number of hydrogen-bond acceptors (Lipinski definition) is 6. The number of rotatable bonds is 68. The van der Waals surface area contributed by atoms with E-state index in [1.807, 2.05) is 0 Å². The summed E-state index contributed by atoms with van der Waals surface area (Å²) in [6, 6.07) is 0. The van der Waals surface area contributed by atoms with Crippen LogP contribution in [0.1, 0.15) is 419 Å². The fraction of sp³-hybridized carbons (Fsp3) is 0.932. The molecule has 0 saturated carbocycles. The first kappa shape index (κ1) is 77.2. The highest BCUT2D eigenvalue weighted by molar-refractivity contribution is 5.71. The third-order valence-electron chi connectivity index (χ3n) is 16.8. The van der Waals surface area contributed by atoms with Gasteiger partial charge in [0, 0.05) is 19.3 Å². The molecule has 6 heteroatoms. The molecular weight excluding hydrogens is 973 g/mol. The standard InChI is InChI=1S/C73H140O6/c1-4-7-10-13-16-19-21-23-25-27-29-31-32-33-34-35-36-37-38-39-40-42-43-45-47-49-51-54-57-60-63-66-72(75)78-69-70(68-77-71(74)65-62-59-56-53-18-15-12-9-6-3)79-73(76)67-64-61-58-55-52-50-48-46-44-41-30-28-26-24-22-20-17-14-11-8-5-2/h27,29,70H,4-26,28,30-69H2,1-3H3/b29-27-. The SMILES string of the molecule is CCCCCCCCCC/C=C\CCCCCCCCCCCCCCCCCCCCCC(=O)OCC(COC(=O)CCCCCCCCCCC)OC(=O)CCCCCCCCCCCCCCCCCCCCCCC. The topological polar surface area (TPSA) is 78.9 Å². The van der Waals surface area contributed by atoms with Crippen molar-refractivity contribution in [1.82, 2.24) is 0 Å². The lowest BCUT2D eigenvalue weighted by atomic mass is 10.0. The van der Waals surface area contributed by atoms with Crippen molar-refractivity contribution in [2.75, 3.05) is 13.2 Å². The maximum absolute atomic E-state index is 12.9. The molecule has 0 saturated heterocycles. The van der Waals surface area contributed by atoms with Gasteiger partial charge in [-0.05, 0) is 44.9 Å². The highest BCUT2D eigenvalue weighted by Gasteiger charge is 2.19. The molecule has 6 nitrogen and oxygen atoms in total. The van der Waals surface area contributed by atoms with Gasteiger partial charge in [0.2, 0.25) is 0 Å². The van der Waals surface area contributed by atoms with Crippen molar-refractivity contribution in [3.05, 3.63) is 12.2 Å². The Hall–Kier alpha value is -1.85. The van der Waals surface area contributed by atoms with Gasteiger partial charge in [0.15, 0.2) is 6.10 Å². The van der Waals surface area contributed by atoms with Gasteiger partial charge in [0.05, 0.1) is 0 Å². The van der Waals surface area contributed by atoms with Crippen molar-refractivity contribution in [3.63, 3.8) is 0 Å². The number of allylic oxidation sites excluding steroid dienone is 2. The first-order valence-corrected chi connectivity index (χ1v) is 36.2. The van der Waals surface area contributed by atoms with Gasteiger partial charge >= 0.3 is 17.9 Å². The molecule has 79 heavy (non-hydrogen) atoms. The van der Waals surface area contributed by atoms with E-state index in [4.69, 9.17) is 14.2 Å². The molecule has 0 bridgehead atoms. The Labute approximate surface area is 494 Å². The maximum Gasteiger partial charge on any atom is 0.306 e. The average Bonchev–Trinajstić information content (AvgIpc) is 3.45. The zero-order chi connectivity index (χ0) is 57.1. The van der Waals surface area contributed by atoms with Crippen LogP contribution in [0.2, 0.25) is 0 Å². The van der Waals surface area contributed by atoms with Crippen LogP contribution in [0.15, 0.2) is 12.2 Å². The number of unbranched alkanes of at least 4 members (excludes halogenated alkanes) is 55. The third-order valence-corrected chi connectivity index (χ3v) is 16.8. The second-order valence-corrected chi connectivity index (χ2v) is 24.9. The Bertz CT molecular complexity index is 1230. The molecule has 0 aromatic heterocycles. The normalized spacial score (nSPS) is 12.0. The molecule has 0 fully saturated rings. The van der Waals surface area contributed by atoms with E-state index in [1.54, 1.807) is 0 Å². The van der Waals surface area contributed by atoms with Crippen LogP contribution in [-0.4, -0.2) is 37.2 Å². The molecule has 0 heterocycles. The van der Waals surface area contributed by atoms with E-state index in [9.17, 15) is 14.4 Å². The zero-order valence-corrected chi connectivity index (χ0v) is 53.9. The number of hydrogen-bond donors (Lipinski definition) is 0. The van der Waals surface area contributed by atoms with Crippen molar-refractivity contribution < 1.29 is 28.6 Å². The van der Waals surface area contributed by atoms with Gasteiger partial charge in [-0.15, -0.1) is 0 Å². The Morgan fingerprint density at radius 3 is 0.633 bits per heavy atom. The van der Waals surface area contributed by atoms with E-state index < -0.39 is 6.10 Å². The van der Waals surface area contributed by atoms with Gasteiger partial charge < -0.3 is 14.2 Å². The van der Waals surface area contributed by atoms with Crippen LogP contribution in [0.25, 0.3) is 0 Å². The summed E-state index contributed by atoms with van der Waals surface area (Å²) in [6.45, 7) is 6.71. The van der Waals surface area contributed by atoms with Gasteiger partial charge in [-0.2, -0.15) is 0 Å². The number of esters is 3. The van der Waals surface area contributed by atoms with Crippen LogP contribution < -0.4 is 0 Å². The lowest BCUT2D eigenvalue weighted by molar-refractivity contribution is -0.167. The summed E-state index contributed by atoms with van der Waals surface area (Å²) in [5.41, 5.74) is 0. The Morgan fingerprint density at radius 2 is 0.418 bits per heavy atom. The molecule has 1 unspecified atom stereocenters. The summed E-state index contributed by atoms with van der Waals surface area (Å²) in [6.07, 6.45) is 82.7. The molecule has 468 valence electrons. The largest absolute Gasteiger partial charge is 0.462 e. The number of carbonyl (C=O) groups excluding carboxylic acids is 3. The summed E-state index contributed by atoms with van der Waals surface area (Å²) < 4.78 is 16.9. The van der Waals surface area contributed by atoms with Gasteiger partial charge in [-0.1, -0.05) is 367 Å². The second kappa shape index (κ2) is 68.6. The summed E-state index contributed by atoms with van der Waals surface area (Å²) in [4.78, 5) is 38.3. The molecule has 0 aromatic rings. The van der Waals surface area contributed by atoms with Gasteiger partial charge in [-0.25, -0.2) is 0 Å². The van der Waals surface area contributed by atoms with Crippen molar-refractivity contribution in [2.24, 2.45) is 0 Å². The summed E-state index contributed by atoms with van der Waals surface area (Å²) in [5, 5.41) is 0. The molecular formula is C73H140O6. The molecule has 1 atom stereocenters. The Kier molecular flexibility index (Phi) is 67.0. The lowest BCUT2D eigenvalue weighted by Crippen LogP contribution is -2.30. The third kappa shape index (κ3) is 66.8. The molecule has 0 N–H and O–H groups in total. The zero-order valence-electron chi connectivity index (χ0n) is 53.9. The minimum atomic E-state index is -0.764. The number of carbonyl (C=O) groups is 3. The molecule has 0 aliphatic heterocycles. The van der Waals surface area contributed by atoms with Crippen molar-refractivity contribution in [1.29, 1.82) is 0 Å². The van der Waals surface area contributed by atoms with E-state index >= 15 is 0 Å². The first-order chi connectivity index (χ1) is 39.0. The predicted octanol–water partition coefficient (Wildman–Crippen LogP) is 24.8. The van der Waals surface area contributed by atoms with Crippen molar-refractivity contribution >= 4 is 17.9 Å². The van der Waals surface area contributed by atoms with E-state index in [1.165, 1.54) is 321 Å². The molecule has 0 spiro atoms. The fourth-order valence-corrected chi connectivity index (χ4v) is 11.3. The first-order valence-electron chi connectivity index (χ1n) is 36.2. The minimum absolute atomic E-state index is 0.0622. The second-order valence-electron chi connectivity index (χ2n) is 24.9. The van der Waals surface area contributed by atoms with Gasteiger partial charge in [0.25, 0.3) is 0 Å². The highest BCUT2D eigenvalue weighted by Crippen LogP contribution is 2.19. The molecule has 0 aliphatic rings. The molecule has 0 radical (unpaired) electrons. The fourth-order valence-electron chi connectivity index (χ4n) is 11.3. The molecule has 0 aromatic carbocycles. The van der Waals surface area contributed by atoms with Crippen LogP contribution in [0.3, 0.4) is 0 Å².